The number of aliphatic hydroxyl groups is 2. The lowest BCUT2D eigenvalue weighted by molar-refractivity contribution is -0.116. The minimum atomic E-state index is -0.818. The van der Waals surface area contributed by atoms with E-state index in [4.69, 9.17) is 9.47 Å². The fourth-order valence-corrected chi connectivity index (χ4v) is 5.26. The number of carbonyl (C=O) groups is 1. The van der Waals surface area contributed by atoms with Crippen LogP contribution in [0.25, 0.3) is 0 Å². The van der Waals surface area contributed by atoms with Crippen LogP contribution < -0.4 is 10.1 Å². The van der Waals surface area contributed by atoms with Gasteiger partial charge in [-0.15, -0.1) is 0 Å². The number of hydrogen-bond donors (Lipinski definition) is 3. The molecule has 0 aliphatic heterocycles. The lowest BCUT2D eigenvalue weighted by atomic mass is 9.90. The molecule has 188 valence electrons. The number of ether oxygens (including phenoxy) is 2. The molecule has 0 heterocycles. The fourth-order valence-electron chi connectivity index (χ4n) is 5.26. The van der Waals surface area contributed by atoms with Crippen LogP contribution in [0.1, 0.15) is 32.1 Å². The summed E-state index contributed by atoms with van der Waals surface area (Å²) >= 11 is 0. The molecule has 0 aromatic heterocycles. The second-order valence-electron chi connectivity index (χ2n) is 9.50. The van der Waals surface area contributed by atoms with Gasteiger partial charge in [-0.1, -0.05) is 30.4 Å². The number of anilines is 1. The summed E-state index contributed by atoms with van der Waals surface area (Å²) in [5, 5.41) is 23.7. The van der Waals surface area contributed by atoms with E-state index in [2.05, 4.69) is 5.32 Å². The molecule has 2 aromatic rings. The van der Waals surface area contributed by atoms with Crippen LogP contribution in [-0.2, 0) is 9.53 Å². The molecule has 0 spiro atoms. The Balaban J connectivity index is 1.16. The fraction of sp³-hybridized carbons (Fsp3) is 0.464. The topological polar surface area (TPSA) is 88.0 Å². The molecule has 2 saturated carbocycles. The van der Waals surface area contributed by atoms with E-state index in [1.54, 1.807) is 6.08 Å². The SMILES string of the molecule is O=C(CCCOC1C[C@H]2C[C@@H](O)[C@H](C=CC(O)COc3ccc(F)cc3)[C@@H]2C1)Nc1ccccc1. The van der Waals surface area contributed by atoms with Crippen molar-refractivity contribution < 1.29 is 28.9 Å². The predicted molar refractivity (Wildman–Crippen MR) is 131 cm³/mol. The standard InChI is InChI=1S/C28H34FNO5/c29-20-8-11-23(12-9-20)35-18-22(31)10-13-25-26-17-24(15-19(26)16-27(25)32)34-14-4-7-28(33)30-21-5-2-1-3-6-21/h1-3,5-6,8-13,19,22,24-27,31-32H,4,7,14-18H2,(H,30,33)/t19-,22?,24?,25+,26+,27+/m0/s1. The first-order chi connectivity index (χ1) is 17.0. The minimum absolute atomic E-state index is 0.0154. The third-order valence-corrected chi connectivity index (χ3v) is 6.94. The Morgan fingerprint density at radius 1 is 1.11 bits per heavy atom. The van der Waals surface area contributed by atoms with Gasteiger partial charge < -0.3 is 25.0 Å². The minimum Gasteiger partial charge on any atom is -0.491 e. The maximum atomic E-state index is 13.0. The van der Waals surface area contributed by atoms with Gasteiger partial charge >= 0.3 is 0 Å². The Morgan fingerprint density at radius 2 is 1.89 bits per heavy atom. The van der Waals surface area contributed by atoms with Crippen molar-refractivity contribution >= 4 is 11.6 Å². The van der Waals surface area contributed by atoms with E-state index in [0.29, 0.717) is 37.0 Å². The molecule has 6 atom stereocenters. The van der Waals surface area contributed by atoms with Crippen molar-refractivity contribution in [2.45, 2.75) is 50.4 Å². The molecular formula is C28H34FNO5. The molecule has 6 nitrogen and oxygen atoms in total. The van der Waals surface area contributed by atoms with Gasteiger partial charge in [0.2, 0.25) is 5.91 Å². The first kappa shape index (κ1) is 25.4. The number of benzene rings is 2. The van der Waals surface area contributed by atoms with Gasteiger partial charge in [-0.2, -0.15) is 0 Å². The second-order valence-corrected chi connectivity index (χ2v) is 9.50. The number of fused-ring (bicyclic) bond motifs is 1. The van der Waals surface area contributed by atoms with E-state index in [9.17, 15) is 19.4 Å². The number of hydrogen-bond acceptors (Lipinski definition) is 5. The summed E-state index contributed by atoms with van der Waals surface area (Å²) in [5.74, 6) is 0.837. The zero-order valence-electron chi connectivity index (χ0n) is 19.8. The summed E-state index contributed by atoms with van der Waals surface area (Å²) in [6.07, 6.45) is 6.08. The first-order valence-corrected chi connectivity index (χ1v) is 12.4. The zero-order chi connectivity index (χ0) is 24.6. The Labute approximate surface area is 205 Å². The van der Waals surface area contributed by atoms with E-state index in [-0.39, 0.29) is 30.4 Å². The summed E-state index contributed by atoms with van der Waals surface area (Å²) in [4.78, 5) is 12.1. The van der Waals surface area contributed by atoms with Gasteiger partial charge in [-0.3, -0.25) is 4.79 Å². The van der Waals surface area contributed by atoms with E-state index >= 15 is 0 Å². The van der Waals surface area contributed by atoms with Crippen LogP contribution in [0.5, 0.6) is 5.75 Å². The highest BCUT2D eigenvalue weighted by Gasteiger charge is 2.47. The smallest absolute Gasteiger partial charge is 0.224 e. The van der Waals surface area contributed by atoms with Gasteiger partial charge in [0, 0.05) is 24.6 Å². The summed E-state index contributed by atoms with van der Waals surface area (Å²) in [6, 6.07) is 15.1. The van der Waals surface area contributed by atoms with Crippen LogP contribution in [-0.4, -0.2) is 47.6 Å². The number of halogens is 1. The summed E-state index contributed by atoms with van der Waals surface area (Å²) in [7, 11) is 0. The number of rotatable bonds is 11. The van der Waals surface area contributed by atoms with Crippen LogP contribution in [0, 0.1) is 23.6 Å². The lowest BCUT2D eigenvalue weighted by Crippen LogP contribution is -2.21. The highest BCUT2D eigenvalue weighted by atomic mass is 19.1. The second kappa shape index (κ2) is 12.3. The molecule has 2 aliphatic rings. The molecule has 7 heteroatoms. The molecule has 2 aromatic carbocycles. The molecule has 2 aliphatic carbocycles. The zero-order valence-corrected chi connectivity index (χ0v) is 19.8. The Hall–Kier alpha value is -2.74. The summed E-state index contributed by atoms with van der Waals surface area (Å²) in [5.41, 5.74) is 0.798. The maximum Gasteiger partial charge on any atom is 0.224 e. The Morgan fingerprint density at radius 3 is 2.66 bits per heavy atom. The largest absolute Gasteiger partial charge is 0.491 e. The van der Waals surface area contributed by atoms with Crippen LogP contribution >= 0.6 is 0 Å². The summed E-state index contributed by atoms with van der Waals surface area (Å²) in [6.45, 7) is 0.595. The van der Waals surface area contributed by atoms with Gasteiger partial charge in [-0.25, -0.2) is 4.39 Å². The molecule has 1 amide bonds. The average molecular weight is 484 g/mol. The van der Waals surface area contributed by atoms with Gasteiger partial charge in [0.1, 0.15) is 24.3 Å². The van der Waals surface area contributed by atoms with E-state index in [1.165, 1.54) is 24.3 Å². The van der Waals surface area contributed by atoms with Gasteiger partial charge in [-0.05, 0) is 73.9 Å². The van der Waals surface area contributed by atoms with E-state index in [0.717, 1.165) is 24.9 Å². The van der Waals surface area contributed by atoms with Crippen LogP contribution in [0.3, 0.4) is 0 Å². The monoisotopic (exact) mass is 483 g/mol. The van der Waals surface area contributed by atoms with Gasteiger partial charge in [0.15, 0.2) is 0 Å². The Bertz CT molecular complexity index is 967. The normalized spacial score (nSPS) is 26.5. The quantitative estimate of drug-likeness (QED) is 0.327. The van der Waals surface area contributed by atoms with Crippen molar-refractivity contribution in [2.75, 3.05) is 18.5 Å². The molecule has 0 saturated heterocycles. The van der Waals surface area contributed by atoms with Crippen LogP contribution in [0.15, 0.2) is 66.7 Å². The van der Waals surface area contributed by atoms with E-state index in [1.807, 2.05) is 36.4 Å². The van der Waals surface area contributed by atoms with Crippen LogP contribution in [0.4, 0.5) is 10.1 Å². The van der Waals surface area contributed by atoms with Crippen molar-refractivity contribution in [3.8, 4) is 5.75 Å². The van der Waals surface area contributed by atoms with Crippen molar-refractivity contribution in [1.29, 1.82) is 0 Å². The number of carbonyl (C=O) groups excluding carboxylic acids is 1. The number of nitrogens with one attached hydrogen (secondary N) is 1. The van der Waals surface area contributed by atoms with Crippen molar-refractivity contribution in [3.63, 3.8) is 0 Å². The first-order valence-electron chi connectivity index (χ1n) is 12.4. The number of para-hydroxylation sites is 1. The third kappa shape index (κ3) is 7.37. The van der Waals surface area contributed by atoms with Crippen molar-refractivity contribution in [2.24, 2.45) is 17.8 Å². The van der Waals surface area contributed by atoms with E-state index < -0.39 is 12.2 Å². The average Bonchev–Trinajstić information content (AvgIpc) is 3.37. The van der Waals surface area contributed by atoms with Gasteiger partial charge in [0.25, 0.3) is 0 Å². The van der Waals surface area contributed by atoms with Crippen molar-refractivity contribution in [3.05, 3.63) is 72.6 Å². The van der Waals surface area contributed by atoms with Crippen molar-refractivity contribution in [1.82, 2.24) is 0 Å². The molecule has 2 unspecified atom stereocenters. The Kier molecular flexibility index (Phi) is 8.90. The number of amides is 1. The number of aliphatic hydroxyl groups excluding tert-OH is 2. The molecular weight excluding hydrogens is 449 g/mol. The molecule has 2 fully saturated rings. The summed E-state index contributed by atoms with van der Waals surface area (Å²) < 4.78 is 24.5. The van der Waals surface area contributed by atoms with Gasteiger partial charge in [0.05, 0.1) is 12.2 Å². The third-order valence-electron chi connectivity index (χ3n) is 6.94. The highest BCUT2D eigenvalue weighted by molar-refractivity contribution is 5.90. The molecule has 3 N–H and O–H groups in total. The molecule has 4 rings (SSSR count). The van der Waals surface area contributed by atoms with Crippen LogP contribution in [0.2, 0.25) is 0 Å². The predicted octanol–water partition coefficient (Wildman–Crippen LogP) is 4.33. The molecule has 0 bridgehead atoms. The molecule has 35 heavy (non-hydrogen) atoms. The molecule has 0 radical (unpaired) electrons. The lowest BCUT2D eigenvalue weighted by Gasteiger charge is -2.19. The maximum absolute atomic E-state index is 13.0. The highest BCUT2D eigenvalue weighted by Crippen LogP contribution is 2.49.